The fraction of sp³-hybridized carbons (Fsp3) is 0. The molecule has 5 heavy (non-hydrogen) atoms. The largest absolute Gasteiger partial charge is 1.00 e. The molecule has 0 spiro atoms. The van der Waals surface area contributed by atoms with E-state index in [9.17, 15) is 0 Å². The van der Waals surface area contributed by atoms with Crippen molar-refractivity contribution in [3.63, 3.8) is 0 Å². The summed E-state index contributed by atoms with van der Waals surface area (Å²) in [5.74, 6) is 0. The summed E-state index contributed by atoms with van der Waals surface area (Å²) in [5, 5.41) is 0. The van der Waals surface area contributed by atoms with Gasteiger partial charge < -0.3 is 5.48 Å². The molecule has 5 heteroatoms. The molecule has 3 nitrogen and oxygen atoms in total. The summed E-state index contributed by atoms with van der Waals surface area (Å²) in [4.78, 5) is 0. The van der Waals surface area contributed by atoms with E-state index in [2.05, 4.69) is 0 Å². The zero-order chi connectivity index (χ0) is 2.71. The second kappa shape index (κ2) is 26.3. The van der Waals surface area contributed by atoms with Crippen molar-refractivity contribution in [2.24, 2.45) is 0 Å². The van der Waals surface area contributed by atoms with Crippen molar-refractivity contribution in [1.82, 2.24) is 0 Å². The van der Waals surface area contributed by atoms with Crippen molar-refractivity contribution in [3.05, 3.63) is 0 Å². The molecule has 0 rings (SSSR count). The molecule has 0 fully saturated rings. The van der Waals surface area contributed by atoms with Gasteiger partial charge >= 0.3 is 30.4 Å². The van der Waals surface area contributed by atoms with Crippen LogP contribution >= 0.6 is 0 Å². The van der Waals surface area contributed by atoms with E-state index < -0.39 is 11.6 Å². The monoisotopic (exact) mass is 88.0 g/mol. The van der Waals surface area contributed by atoms with Gasteiger partial charge in [0.25, 0.3) is 0 Å². The molecule has 0 saturated carbocycles. The van der Waals surface area contributed by atoms with Gasteiger partial charge in [0, 0.05) is 0 Å². The molecule has 26 valence electrons. The van der Waals surface area contributed by atoms with Gasteiger partial charge in [0.15, 0.2) is 0 Å². The summed E-state index contributed by atoms with van der Waals surface area (Å²) in [6.07, 6.45) is 0. The molecule has 0 atom stereocenters. The first-order valence-electron chi connectivity index (χ1n) is 0.333. The van der Waals surface area contributed by atoms with Gasteiger partial charge in [-0.3, -0.25) is 0 Å². The fourth-order valence-electron chi connectivity index (χ4n) is 0. The summed E-state index contributed by atoms with van der Waals surface area (Å²) in [5.41, 5.74) is 0. The van der Waals surface area contributed by atoms with Crippen LogP contribution in [0.15, 0.2) is 0 Å². The van der Waals surface area contributed by atoms with Crippen LogP contribution in [0.3, 0.4) is 0 Å². The molecule has 0 heterocycles. The van der Waals surface area contributed by atoms with Crippen molar-refractivity contribution < 1.29 is 32.8 Å². The van der Waals surface area contributed by atoms with E-state index in [4.69, 9.17) is 8.42 Å². The molecule has 0 saturated heterocycles. The van der Waals surface area contributed by atoms with Crippen molar-refractivity contribution >= 4 is 11.6 Å². The van der Waals surface area contributed by atoms with E-state index in [0.29, 0.717) is 0 Å². The predicted octanol–water partition coefficient (Wildman–Crippen LogP) is -3.84. The first-order valence-corrected chi connectivity index (χ1v) is 1.00. The Morgan fingerprint density at radius 3 is 1.20 bits per heavy atom. The van der Waals surface area contributed by atoms with Crippen LogP contribution in [0.2, 0.25) is 0 Å². The maximum atomic E-state index is 8.29. The number of rotatable bonds is 0. The van der Waals surface area contributed by atoms with Crippen LogP contribution in [-0.2, 0) is 11.6 Å². The van der Waals surface area contributed by atoms with Gasteiger partial charge in [0.1, 0.15) is 0 Å². The smallest absolute Gasteiger partial charge is 0.870 e. The zero-order valence-corrected chi connectivity index (χ0v) is 3.49. The van der Waals surface area contributed by atoms with Gasteiger partial charge in [-0.05, 0) is 0 Å². The molecule has 0 aliphatic heterocycles. The molecule has 0 aliphatic carbocycles. The van der Waals surface area contributed by atoms with Crippen molar-refractivity contribution in [3.8, 4) is 0 Å². The van der Waals surface area contributed by atoms with Crippen LogP contribution < -0.4 is 18.9 Å². The van der Waals surface area contributed by atoms with Gasteiger partial charge in [-0.15, -0.1) is 0 Å². The molecule has 0 amide bonds. The second-order valence-electron chi connectivity index (χ2n) is 0.0680. The molecule has 0 aliphatic rings. The van der Waals surface area contributed by atoms with Crippen molar-refractivity contribution in [2.75, 3.05) is 0 Å². The van der Waals surface area contributed by atoms with Crippen LogP contribution in [0.5, 0.6) is 0 Å². The standard InChI is InChI=1S/Li.O2S.H2O/c;1-3-2;/h;;1H2/q+1;;/p-1. The average molecular weight is 88.0 g/mol. The SMILES string of the molecule is O=S=O.[Li+].[OH-]. The maximum absolute atomic E-state index is 8.29. The van der Waals surface area contributed by atoms with E-state index >= 15 is 0 Å². The van der Waals surface area contributed by atoms with Crippen molar-refractivity contribution in [1.29, 1.82) is 0 Å². The first kappa shape index (κ1) is 18.2. The molecule has 0 bridgehead atoms. The third-order valence-electron chi connectivity index (χ3n) is 0. The Kier molecular flexibility index (Phi) is 96.0. The van der Waals surface area contributed by atoms with Crippen molar-refractivity contribution in [2.45, 2.75) is 0 Å². The Hall–Kier alpha value is 0.377. The Balaban J connectivity index is -0.0000000200. The average Bonchev–Trinajstić information content (AvgIpc) is 0.918. The maximum Gasteiger partial charge on any atom is 1.00 e. The summed E-state index contributed by atoms with van der Waals surface area (Å²) >= 11 is -0.750. The summed E-state index contributed by atoms with van der Waals surface area (Å²) < 4.78 is 16.6. The van der Waals surface area contributed by atoms with Crippen LogP contribution in [0.4, 0.5) is 0 Å². The Labute approximate surface area is 44.8 Å². The molecule has 0 radical (unpaired) electrons. The minimum absolute atomic E-state index is 0. The minimum Gasteiger partial charge on any atom is -0.870 e. The molecule has 0 aromatic heterocycles. The number of hydrogen-bond acceptors (Lipinski definition) is 3. The third-order valence-corrected chi connectivity index (χ3v) is 0. The molecular formula is HLiO3S. The quantitative estimate of drug-likeness (QED) is 0.285. The molecule has 0 aromatic rings. The van der Waals surface area contributed by atoms with Crippen LogP contribution in [0, 0.1) is 0 Å². The minimum atomic E-state index is -0.750. The van der Waals surface area contributed by atoms with Gasteiger partial charge in [-0.2, -0.15) is 8.42 Å². The molecule has 1 N–H and O–H groups in total. The van der Waals surface area contributed by atoms with E-state index in [0.717, 1.165) is 0 Å². The third kappa shape index (κ3) is 174. The molecule has 0 unspecified atom stereocenters. The van der Waals surface area contributed by atoms with E-state index in [-0.39, 0.29) is 24.3 Å². The molecular weight excluding hydrogens is 87.0 g/mol. The summed E-state index contributed by atoms with van der Waals surface area (Å²) in [6.45, 7) is 0. The van der Waals surface area contributed by atoms with E-state index in [1.807, 2.05) is 0 Å². The van der Waals surface area contributed by atoms with E-state index in [1.54, 1.807) is 0 Å². The topological polar surface area (TPSA) is 64.1 Å². The summed E-state index contributed by atoms with van der Waals surface area (Å²) in [6, 6.07) is 0. The fourth-order valence-corrected chi connectivity index (χ4v) is 0. The van der Waals surface area contributed by atoms with E-state index in [1.165, 1.54) is 0 Å². The second-order valence-corrected chi connectivity index (χ2v) is 0.204. The van der Waals surface area contributed by atoms with Gasteiger partial charge in [0.2, 0.25) is 0 Å². The van der Waals surface area contributed by atoms with Crippen LogP contribution in [0.25, 0.3) is 0 Å². The zero-order valence-electron chi connectivity index (χ0n) is 2.67. The Morgan fingerprint density at radius 1 is 1.20 bits per heavy atom. The summed E-state index contributed by atoms with van der Waals surface area (Å²) in [7, 11) is 0. The van der Waals surface area contributed by atoms with Crippen LogP contribution in [-0.4, -0.2) is 13.9 Å². The Morgan fingerprint density at radius 2 is 1.20 bits per heavy atom. The van der Waals surface area contributed by atoms with Crippen LogP contribution in [0.1, 0.15) is 0 Å². The normalized spacial score (nSPS) is 2.40. The van der Waals surface area contributed by atoms with Gasteiger partial charge in [-0.25, -0.2) is 0 Å². The molecule has 0 aromatic carbocycles. The number of hydrogen-bond donors (Lipinski definition) is 0. The van der Waals surface area contributed by atoms with Gasteiger partial charge in [0.05, 0.1) is 0 Å². The predicted molar refractivity (Wildman–Crippen MR) is 10.9 cm³/mol. The Bertz CT molecular complexity index is 27.9. The first-order chi connectivity index (χ1) is 1.41. The van der Waals surface area contributed by atoms with Gasteiger partial charge in [-0.1, -0.05) is 0 Å².